The molecular formula is C19H23Cl2IN4O2. The van der Waals surface area contributed by atoms with Crippen molar-refractivity contribution in [2.45, 2.75) is 6.42 Å². The summed E-state index contributed by atoms with van der Waals surface area (Å²) in [5.74, 6) is 1.14. The van der Waals surface area contributed by atoms with Crippen molar-refractivity contribution in [2.75, 3.05) is 39.8 Å². The summed E-state index contributed by atoms with van der Waals surface area (Å²) in [7, 11) is 1.76. The first-order valence-corrected chi connectivity index (χ1v) is 9.56. The number of aliphatic imine (C=N–C) groups is 1. The van der Waals surface area contributed by atoms with Crippen LogP contribution in [0.3, 0.4) is 0 Å². The molecule has 0 spiro atoms. The van der Waals surface area contributed by atoms with Crippen LogP contribution in [0.2, 0.25) is 10.0 Å². The Kier molecular flexibility index (Phi) is 8.91. The number of nitrogens with one attached hydrogen (secondary N) is 1. The van der Waals surface area contributed by atoms with E-state index in [0.29, 0.717) is 48.5 Å². The van der Waals surface area contributed by atoms with Gasteiger partial charge >= 0.3 is 0 Å². The molecule has 2 aromatic rings. The van der Waals surface area contributed by atoms with E-state index in [-0.39, 0.29) is 29.9 Å². The number of amides is 1. The van der Waals surface area contributed by atoms with Crippen molar-refractivity contribution in [3.8, 4) is 0 Å². The minimum Gasteiger partial charge on any atom is -0.459 e. The van der Waals surface area contributed by atoms with Crippen molar-refractivity contribution in [2.24, 2.45) is 4.99 Å². The number of hydrogen-bond donors (Lipinski definition) is 1. The normalized spacial score (nSPS) is 14.6. The smallest absolute Gasteiger partial charge is 0.289 e. The zero-order chi connectivity index (χ0) is 19.2. The molecule has 1 aromatic carbocycles. The Morgan fingerprint density at radius 3 is 2.50 bits per heavy atom. The van der Waals surface area contributed by atoms with Gasteiger partial charge in [-0.3, -0.25) is 9.79 Å². The molecule has 2 heterocycles. The van der Waals surface area contributed by atoms with Crippen molar-refractivity contribution < 1.29 is 9.21 Å². The summed E-state index contributed by atoms with van der Waals surface area (Å²) in [6.07, 6.45) is 2.29. The van der Waals surface area contributed by atoms with Gasteiger partial charge in [0, 0.05) is 49.8 Å². The standard InChI is InChI=1S/C19H22Cl2N4O2.HI/c1-22-19(23-7-6-14-4-5-15(20)13-16(14)21)25-10-8-24(9-11-25)18(26)17-3-2-12-27-17;/h2-5,12-13H,6-11H2,1H3,(H,22,23);1H. The van der Waals surface area contributed by atoms with Crippen molar-refractivity contribution in [1.29, 1.82) is 0 Å². The minimum atomic E-state index is -0.0695. The fraction of sp³-hybridized carbons (Fsp3) is 0.368. The van der Waals surface area contributed by atoms with Gasteiger partial charge in [0.1, 0.15) is 0 Å². The first kappa shape index (κ1) is 22.8. The summed E-state index contributed by atoms with van der Waals surface area (Å²) in [4.78, 5) is 20.6. The lowest BCUT2D eigenvalue weighted by atomic mass is 10.1. The molecule has 0 saturated carbocycles. The van der Waals surface area contributed by atoms with Crippen molar-refractivity contribution in [3.05, 3.63) is 58.0 Å². The zero-order valence-corrected chi connectivity index (χ0v) is 19.4. The zero-order valence-electron chi connectivity index (χ0n) is 15.5. The van der Waals surface area contributed by atoms with Gasteiger partial charge in [0.15, 0.2) is 11.7 Å². The Morgan fingerprint density at radius 1 is 1.18 bits per heavy atom. The highest BCUT2D eigenvalue weighted by Gasteiger charge is 2.25. The summed E-state index contributed by atoms with van der Waals surface area (Å²) in [6.45, 7) is 3.40. The molecule has 0 bridgehead atoms. The fourth-order valence-corrected chi connectivity index (χ4v) is 3.55. The van der Waals surface area contributed by atoms with Crippen LogP contribution in [-0.2, 0) is 6.42 Å². The van der Waals surface area contributed by atoms with Crippen LogP contribution in [0.4, 0.5) is 0 Å². The van der Waals surface area contributed by atoms with Gasteiger partial charge in [-0.1, -0.05) is 29.3 Å². The monoisotopic (exact) mass is 536 g/mol. The van der Waals surface area contributed by atoms with E-state index in [1.165, 1.54) is 6.26 Å². The SMILES string of the molecule is CN=C(NCCc1ccc(Cl)cc1Cl)N1CCN(C(=O)c2ccco2)CC1.I. The third-order valence-corrected chi connectivity index (χ3v) is 5.09. The number of furan rings is 1. The molecule has 1 aromatic heterocycles. The fourth-order valence-electron chi connectivity index (χ4n) is 3.04. The molecule has 28 heavy (non-hydrogen) atoms. The van der Waals surface area contributed by atoms with Crippen LogP contribution in [-0.4, -0.2) is 61.4 Å². The minimum absolute atomic E-state index is 0. The molecule has 0 aliphatic carbocycles. The van der Waals surface area contributed by atoms with Gasteiger partial charge < -0.3 is 19.5 Å². The second kappa shape index (κ2) is 10.9. The van der Waals surface area contributed by atoms with E-state index in [2.05, 4.69) is 15.2 Å². The van der Waals surface area contributed by atoms with Gasteiger partial charge in [-0.2, -0.15) is 0 Å². The van der Waals surface area contributed by atoms with Crippen LogP contribution in [0.1, 0.15) is 16.1 Å². The van der Waals surface area contributed by atoms with Crippen molar-refractivity contribution >= 4 is 59.0 Å². The largest absolute Gasteiger partial charge is 0.459 e. The van der Waals surface area contributed by atoms with E-state index in [1.807, 2.05) is 12.1 Å². The second-order valence-electron chi connectivity index (χ2n) is 6.22. The number of carbonyl (C=O) groups is 1. The maximum absolute atomic E-state index is 12.3. The van der Waals surface area contributed by atoms with E-state index in [9.17, 15) is 4.79 Å². The van der Waals surface area contributed by atoms with Crippen LogP contribution in [0.15, 0.2) is 46.0 Å². The molecule has 6 nitrogen and oxygen atoms in total. The van der Waals surface area contributed by atoms with Gasteiger partial charge in [0.2, 0.25) is 0 Å². The van der Waals surface area contributed by atoms with Gasteiger partial charge in [-0.15, -0.1) is 24.0 Å². The van der Waals surface area contributed by atoms with Crippen molar-refractivity contribution in [3.63, 3.8) is 0 Å². The Morgan fingerprint density at radius 2 is 1.89 bits per heavy atom. The number of piperazine rings is 1. The topological polar surface area (TPSA) is 61.1 Å². The second-order valence-corrected chi connectivity index (χ2v) is 7.06. The highest BCUT2D eigenvalue weighted by atomic mass is 127. The summed E-state index contributed by atoms with van der Waals surface area (Å²) in [6, 6.07) is 8.95. The van der Waals surface area contributed by atoms with Crippen LogP contribution in [0.25, 0.3) is 0 Å². The van der Waals surface area contributed by atoms with Gasteiger partial charge in [-0.05, 0) is 36.2 Å². The Balaban J connectivity index is 0.00000280. The van der Waals surface area contributed by atoms with Crippen LogP contribution in [0.5, 0.6) is 0 Å². The summed E-state index contributed by atoms with van der Waals surface area (Å²) in [5, 5.41) is 4.67. The molecule has 0 unspecified atom stereocenters. The average Bonchev–Trinajstić information content (AvgIpc) is 3.21. The predicted octanol–water partition coefficient (Wildman–Crippen LogP) is 3.78. The molecule has 152 valence electrons. The molecule has 0 atom stereocenters. The molecule has 1 aliphatic rings. The number of halogens is 3. The molecule has 1 amide bonds. The number of nitrogens with zero attached hydrogens (tertiary/aromatic N) is 3. The third kappa shape index (κ3) is 5.78. The number of guanidine groups is 1. The van der Waals surface area contributed by atoms with Crippen molar-refractivity contribution in [1.82, 2.24) is 15.1 Å². The summed E-state index contributed by atoms with van der Waals surface area (Å²) in [5.41, 5.74) is 1.04. The molecule has 1 N–H and O–H groups in total. The van der Waals surface area contributed by atoms with Gasteiger partial charge in [0.25, 0.3) is 5.91 Å². The Hall–Kier alpha value is -1.45. The van der Waals surface area contributed by atoms with Crippen LogP contribution < -0.4 is 5.32 Å². The maximum Gasteiger partial charge on any atom is 0.289 e. The molecule has 1 fully saturated rings. The highest BCUT2D eigenvalue weighted by molar-refractivity contribution is 14.0. The summed E-state index contributed by atoms with van der Waals surface area (Å²) < 4.78 is 5.20. The molecule has 1 aliphatic heterocycles. The van der Waals surface area contributed by atoms with E-state index in [4.69, 9.17) is 27.6 Å². The van der Waals surface area contributed by atoms with Gasteiger partial charge in [0.05, 0.1) is 6.26 Å². The third-order valence-electron chi connectivity index (χ3n) is 4.50. The molecule has 0 radical (unpaired) electrons. The molecule has 3 rings (SSSR count). The maximum atomic E-state index is 12.3. The Labute approximate surface area is 191 Å². The average molecular weight is 537 g/mol. The quantitative estimate of drug-likeness (QED) is 0.367. The predicted molar refractivity (Wildman–Crippen MR) is 123 cm³/mol. The first-order chi connectivity index (χ1) is 13.1. The van der Waals surface area contributed by atoms with Crippen LogP contribution >= 0.6 is 47.2 Å². The molecular weight excluding hydrogens is 514 g/mol. The van der Waals surface area contributed by atoms with E-state index >= 15 is 0 Å². The molecule has 9 heteroatoms. The lowest BCUT2D eigenvalue weighted by Gasteiger charge is -2.36. The first-order valence-electron chi connectivity index (χ1n) is 8.81. The highest BCUT2D eigenvalue weighted by Crippen LogP contribution is 2.21. The van der Waals surface area contributed by atoms with Gasteiger partial charge in [-0.25, -0.2) is 0 Å². The Bertz CT molecular complexity index is 806. The number of benzene rings is 1. The lowest BCUT2D eigenvalue weighted by Crippen LogP contribution is -2.54. The number of hydrogen-bond acceptors (Lipinski definition) is 3. The number of carbonyl (C=O) groups excluding carboxylic acids is 1. The van der Waals surface area contributed by atoms with E-state index < -0.39 is 0 Å². The summed E-state index contributed by atoms with van der Waals surface area (Å²) >= 11 is 12.1. The lowest BCUT2D eigenvalue weighted by molar-refractivity contribution is 0.0658. The van der Waals surface area contributed by atoms with E-state index in [0.717, 1.165) is 17.9 Å². The number of rotatable bonds is 4. The molecule has 1 saturated heterocycles. The van der Waals surface area contributed by atoms with E-state index in [1.54, 1.807) is 30.1 Å². The van der Waals surface area contributed by atoms with Crippen LogP contribution in [0, 0.1) is 0 Å².